The lowest BCUT2D eigenvalue weighted by molar-refractivity contribution is 1.20. The van der Waals surface area contributed by atoms with E-state index in [9.17, 15) is 0 Å². The number of rotatable bonds is 1. The number of nitrogens with two attached hydrogens (primary N) is 2. The summed E-state index contributed by atoms with van der Waals surface area (Å²) in [5.41, 5.74) is 15.2. The first-order valence-corrected chi connectivity index (χ1v) is 4.61. The van der Waals surface area contributed by atoms with E-state index in [-0.39, 0.29) is 0 Å². The van der Waals surface area contributed by atoms with Gasteiger partial charge in [-0.25, -0.2) is 0 Å². The van der Waals surface area contributed by atoms with Gasteiger partial charge >= 0.3 is 0 Å². The maximum absolute atomic E-state index is 5.77. The van der Waals surface area contributed by atoms with Gasteiger partial charge in [-0.1, -0.05) is 0 Å². The summed E-state index contributed by atoms with van der Waals surface area (Å²) in [6.07, 6.45) is 3.37. The summed E-state index contributed by atoms with van der Waals surface area (Å²) < 4.78 is 0. The second-order valence-corrected chi connectivity index (χ2v) is 3.38. The Labute approximate surface area is 88.0 Å². The van der Waals surface area contributed by atoms with Crippen molar-refractivity contribution in [3.8, 4) is 11.3 Å². The molecule has 2 aromatic rings. The molecule has 0 fully saturated rings. The fourth-order valence-electron chi connectivity index (χ4n) is 1.27. The van der Waals surface area contributed by atoms with Gasteiger partial charge in [-0.15, -0.1) is 0 Å². The molecule has 0 bridgehead atoms. The van der Waals surface area contributed by atoms with Crippen molar-refractivity contribution in [1.82, 2.24) is 9.97 Å². The molecule has 4 N–H and O–H groups in total. The van der Waals surface area contributed by atoms with Crippen LogP contribution >= 0.6 is 0 Å². The molecule has 4 heteroatoms. The molecule has 0 radical (unpaired) electrons. The minimum absolute atomic E-state index is 0.645. The standard InChI is InChI=1S/C11H12N4/c1-7-10(13)4-8(5-14-7)11-3-2-9(12)6-15-11/h2-6H,12-13H2,1H3. The first-order valence-electron chi connectivity index (χ1n) is 4.61. The van der Waals surface area contributed by atoms with Crippen molar-refractivity contribution in [2.24, 2.45) is 0 Å². The van der Waals surface area contributed by atoms with Gasteiger partial charge in [0.25, 0.3) is 0 Å². The number of aryl methyl sites for hydroxylation is 1. The SMILES string of the molecule is Cc1ncc(-c2ccc(N)cn2)cc1N. The number of nitrogen functional groups attached to an aromatic ring is 2. The van der Waals surface area contributed by atoms with E-state index in [1.165, 1.54) is 0 Å². The Morgan fingerprint density at radius 3 is 2.47 bits per heavy atom. The third kappa shape index (κ3) is 1.88. The van der Waals surface area contributed by atoms with Gasteiger partial charge in [0.15, 0.2) is 0 Å². The number of hydrogen-bond donors (Lipinski definition) is 2. The van der Waals surface area contributed by atoms with Crippen molar-refractivity contribution < 1.29 is 0 Å². The van der Waals surface area contributed by atoms with Crippen LogP contribution in [0.15, 0.2) is 30.6 Å². The first kappa shape index (κ1) is 9.45. The molecule has 4 nitrogen and oxygen atoms in total. The van der Waals surface area contributed by atoms with Crippen LogP contribution in [0.5, 0.6) is 0 Å². The summed E-state index contributed by atoms with van der Waals surface area (Å²) >= 11 is 0. The zero-order valence-electron chi connectivity index (χ0n) is 8.44. The molecule has 0 saturated carbocycles. The molecule has 0 aromatic carbocycles. The average Bonchev–Trinajstić information content (AvgIpc) is 2.23. The lowest BCUT2D eigenvalue weighted by Gasteiger charge is -2.03. The number of nitrogens with zero attached hydrogens (tertiary/aromatic N) is 2. The van der Waals surface area contributed by atoms with Crippen molar-refractivity contribution in [3.63, 3.8) is 0 Å². The normalized spacial score (nSPS) is 10.2. The summed E-state index contributed by atoms with van der Waals surface area (Å²) in [5, 5.41) is 0. The number of hydrogen-bond acceptors (Lipinski definition) is 4. The van der Waals surface area contributed by atoms with Gasteiger partial charge in [-0.05, 0) is 25.1 Å². The van der Waals surface area contributed by atoms with E-state index in [4.69, 9.17) is 11.5 Å². The van der Waals surface area contributed by atoms with Gasteiger partial charge in [-0.3, -0.25) is 9.97 Å². The molecule has 0 saturated heterocycles. The molecule has 76 valence electrons. The van der Waals surface area contributed by atoms with E-state index in [0.717, 1.165) is 17.0 Å². The zero-order chi connectivity index (χ0) is 10.8. The molecule has 0 aliphatic heterocycles. The number of anilines is 2. The summed E-state index contributed by atoms with van der Waals surface area (Å²) in [4.78, 5) is 8.38. The van der Waals surface area contributed by atoms with Crippen molar-refractivity contribution in [1.29, 1.82) is 0 Å². The molecular formula is C11H12N4. The summed E-state index contributed by atoms with van der Waals surface area (Å²) in [6, 6.07) is 5.51. The lowest BCUT2D eigenvalue weighted by Crippen LogP contribution is -1.94. The quantitative estimate of drug-likeness (QED) is 0.733. The highest BCUT2D eigenvalue weighted by Crippen LogP contribution is 2.20. The minimum atomic E-state index is 0.645. The van der Waals surface area contributed by atoms with Crippen LogP contribution in [0, 0.1) is 6.92 Å². The monoisotopic (exact) mass is 200 g/mol. The van der Waals surface area contributed by atoms with E-state index in [1.54, 1.807) is 18.5 Å². The Kier molecular flexibility index (Phi) is 2.25. The molecule has 0 aliphatic rings. The van der Waals surface area contributed by atoms with Crippen LogP contribution in [0.2, 0.25) is 0 Å². The highest BCUT2D eigenvalue weighted by Gasteiger charge is 2.02. The fraction of sp³-hybridized carbons (Fsp3) is 0.0909. The van der Waals surface area contributed by atoms with E-state index in [1.807, 2.05) is 19.1 Å². The van der Waals surface area contributed by atoms with Crippen LogP contribution in [0.25, 0.3) is 11.3 Å². The molecule has 15 heavy (non-hydrogen) atoms. The molecule has 0 aliphatic carbocycles. The highest BCUT2D eigenvalue weighted by molar-refractivity contribution is 5.64. The molecule has 2 aromatic heterocycles. The van der Waals surface area contributed by atoms with Crippen molar-refractivity contribution >= 4 is 11.4 Å². The predicted octanol–water partition coefficient (Wildman–Crippen LogP) is 1.62. The van der Waals surface area contributed by atoms with Gasteiger partial charge < -0.3 is 11.5 Å². The van der Waals surface area contributed by atoms with Gasteiger partial charge in [-0.2, -0.15) is 0 Å². The first-order chi connectivity index (χ1) is 7.16. The van der Waals surface area contributed by atoms with Crippen molar-refractivity contribution in [3.05, 3.63) is 36.3 Å². The Morgan fingerprint density at radius 2 is 1.87 bits per heavy atom. The van der Waals surface area contributed by atoms with Gasteiger partial charge in [0.05, 0.1) is 29.0 Å². The molecule has 0 spiro atoms. The van der Waals surface area contributed by atoms with E-state index in [0.29, 0.717) is 11.4 Å². The van der Waals surface area contributed by atoms with Crippen LogP contribution in [0.3, 0.4) is 0 Å². The molecule has 0 unspecified atom stereocenters. The summed E-state index contributed by atoms with van der Waals surface area (Å²) in [5.74, 6) is 0. The summed E-state index contributed by atoms with van der Waals surface area (Å²) in [6.45, 7) is 1.87. The van der Waals surface area contributed by atoms with Crippen molar-refractivity contribution in [2.45, 2.75) is 6.92 Å². The van der Waals surface area contributed by atoms with E-state index >= 15 is 0 Å². The van der Waals surface area contributed by atoms with E-state index in [2.05, 4.69) is 9.97 Å². The highest BCUT2D eigenvalue weighted by atomic mass is 14.8. The molecular weight excluding hydrogens is 188 g/mol. The predicted molar refractivity (Wildman–Crippen MR) is 61.0 cm³/mol. The molecule has 2 heterocycles. The second-order valence-electron chi connectivity index (χ2n) is 3.38. The van der Waals surface area contributed by atoms with Crippen LogP contribution in [-0.4, -0.2) is 9.97 Å². The second kappa shape index (κ2) is 3.57. The third-order valence-electron chi connectivity index (χ3n) is 2.21. The largest absolute Gasteiger partial charge is 0.397 e. The molecule has 2 rings (SSSR count). The molecule has 0 atom stereocenters. The Morgan fingerprint density at radius 1 is 1.07 bits per heavy atom. The fourth-order valence-corrected chi connectivity index (χ4v) is 1.27. The van der Waals surface area contributed by atoms with Crippen molar-refractivity contribution in [2.75, 3.05) is 11.5 Å². The summed E-state index contributed by atoms with van der Waals surface area (Å²) in [7, 11) is 0. The smallest absolute Gasteiger partial charge is 0.0719 e. The van der Waals surface area contributed by atoms with Crippen LogP contribution in [0.4, 0.5) is 11.4 Å². The van der Waals surface area contributed by atoms with Crippen LogP contribution in [0.1, 0.15) is 5.69 Å². The minimum Gasteiger partial charge on any atom is -0.397 e. The maximum atomic E-state index is 5.77. The van der Waals surface area contributed by atoms with Gasteiger partial charge in [0.1, 0.15) is 0 Å². The zero-order valence-corrected chi connectivity index (χ0v) is 8.44. The van der Waals surface area contributed by atoms with E-state index < -0.39 is 0 Å². The Hall–Kier alpha value is -2.10. The lowest BCUT2D eigenvalue weighted by atomic mass is 10.1. The number of pyridine rings is 2. The van der Waals surface area contributed by atoms with Gasteiger partial charge in [0.2, 0.25) is 0 Å². The Balaban J connectivity index is 2.45. The third-order valence-corrected chi connectivity index (χ3v) is 2.21. The van der Waals surface area contributed by atoms with Crippen LogP contribution in [-0.2, 0) is 0 Å². The maximum Gasteiger partial charge on any atom is 0.0719 e. The van der Waals surface area contributed by atoms with Crippen LogP contribution < -0.4 is 11.5 Å². The van der Waals surface area contributed by atoms with Gasteiger partial charge in [0, 0.05) is 11.8 Å². The molecule has 0 amide bonds. The Bertz CT molecular complexity index is 476. The topological polar surface area (TPSA) is 77.8 Å². The number of aromatic nitrogens is 2. The average molecular weight is 200 g/mol.